The van der Waals surface area contributed by atoms with E-state index in [4.69, 9.17) is 4.74 Å². The fourth-order valence-corrected chi connectivity index (χ4v) is 4.76. The number of hydrogen-bond donors (Lipinski definition) is 0. The second-order valence-electron chi connectivity index (χ2n) is 8.21. The van der Waals surface area contributed by atoms with Crippen molar-refractivity contribution >= 4 is 15.8 Å². The van der Waals surface area contributed by atoms with E-state index in [1.807, 2.05) is 32.0 Å². The van der Waals surface area contributed by atoms with Gasteiger partial charge in [-0.3, -0.25) is 0 Å². The summed E-state index contributed by atoms with van der Waals surface area (Å²) >= 11 is 0. The molecule has 0 saturated carbocycles. The summed E-state index contributed by atoms with van der Waals surface area (Å²) in [5.74, 6) is 1.96. The van der Waals surface area contributed by atoms with Crippen molar-refractivity contribution in [2.24, 2.45) is 0 Å². The number of piperazine rings is 1. The number of anilines is 1. The number of ether oxygens (including phenoxy) is 1. The molecule has 0 atom stereocenters. The summed E-state index contributed by atoms with van der Waals surface area (Å²) in [6.45, 7) is 12.6. The van der Waals surface area contributed by atoms with Gasteiger partial charge in [0.05, 0.1) is 11.5 Å². The highest BCUT2D eigenvalue weighted by atomic mass is 32.2. The van der Waals surface area contributed by atoms with Crippen molar-refractivity contribution in [2.45, 2.75) is 44.9 Å². The average Bonchev–Trinajstić information content (AvgIpc) is 2.67. The van der Waals surface area contributed by atoms with Gasteiger partial charge in [-0.15, -0.1) is 0 Å². The lowest BCUT2D eigenvalue weighted by Gasteiger charge is -2.34. The molecule has 0 bridgehead atoms. The van der Waals surface area contributed by atoms with E-state index in [1.165, 1.54) is 0 Å². The monoisotopic (exact) mass is 418 g/mol. The molecule has 158 valence electrons. The number of sulfonamides is 1. The highest BCUT2D eigenvalue weighted by molar-refractivity contribution is 7.89. The number of aromatic nitrogens is 2. The fourth-order valence-electron chi connectivity index (χ4n) is 3.34. The molecule has 1 aliphatic heterocycles. The summed E-state index contributed by atoms with van der Waals surface area (Å²) in [5.41, 5.74) is 1.11. The molecule has 1 aromatic carbocycles. The Morgan fingerprint density at radius 1 is 1.03 bits per heavy atom. The number of hydrogen-bond acceptors (Lipinski definition) is 6. The molecule has 1 fully saturated rings. The Balaban J connectivity index is 1.71. The normalized spacial score (nSPS) is 16.1. The van der Waals surface area contributed by atoms with Crippen LogP contribution in [0.25, 0.3) is 0 Å². The lowest BCUT2D eigenvalue weighted by Crippen LogP contribution is -2.49. The van der Waals surface area contributed by atoms with Crippen molar-refractivity contribution in [1.29, 1.82) is 0 Å². The van der Waals surface area contributed by atoms with Crippen LogP contribution < -0.4 is 9.64 Å². The Hall–Kier alpha value is -2.19. The van der Waals surface area contributed by atoms with Crippen molar-refractivity contribution in [3.8, 4) is 5.88 Å². The summed E-state index contributed by atoms with van der Waals surface area (Å²) in [6, 6.07) is 9.05. The SMILES string of the molecule is CCOc1cc(N2CCN(S(=O)(=O)c3ccc(C(C)(C)C)cc3)CC2)nc(C)n1. The van der Waals surface area contributed by atoms with Crippen LogP contribution in [-0.4, -0.2) is 55.5 Å². The van der Waals surface area contributed by atoms with Crippen LogP contribution in [0.4, 0.5) is 5.82 Å². The molecule has 0 amide bonds. The van der Waals surface area contributed by atoms with E-state index in [1.54, 1.807) is 16.4 Å². The average molecular weight is 419 g/mol. The van der Waals surface area contributed by atoms with Gasteiger partial charge in [0, 0.05) is 32.2 Å². The van der Waals surface area contributed by atoms with Crippen molar-refractivity contribution in [3.63, 3.8) is 0 Å². The molecule has 0 radical (unpaired) electrons. The first-order valence-electron chi connectivity index (χ1n) is 9.95. The quantitative estimate of drug-likeness (QED) is 0.743. The third-order valence-corrected chi connectivity index (χ3v) is 6.93. The van der Waals surface area contributed by atoms with Crippen LogP contribution in [0.3, 0.4) is 0 Å². The zero-order valence-corrected chi connectivity index (χ0v) is 18.7. The van der Waals surface area contributed by atoms with Crippen LogP contribution in [0.5, 0.6) is 5.88 Å². The van der Waals surface area contributed by atoms with E-state index in [0.717, 1.165) is 11.4 Å². The molecular formula is C21H30N4O3S. The van der Waals surface area contributed by atoms with Gasteiger partial charge in [-0.2, -0.15) is 9.29 Å². The number of aryl methyl sites for hydroxylation is 1. The first-order chi connectivity index (χ1) is 13.6. The highest BCUT2D eigenvalue weighted by Gasteiger charge is 2.29. The first-order valence-corrected chi connectivity index (χ1v) is 11.4. The predicted molar refractivity (Wildman–Crippen MR) is 114 cm³/mol. The third-order valence-electron chi connectivity index (χ3n) is 5.01. The summed E-state index contributed by atoms with van der Waals surface area (Å²) in [5, 5.41) is 0. The molecule has 29 heavy (non-hydrogen) atoms. The van der Waals surface area contributed by atoms with Gasteiger partial charge in [-0.25, -0.2) is 13.4 Å². The second-order valence-corrected chi connectivity index (χ2v) is 10.1. The van der Waals surface area contributed by atoms with Crippen molar-refractivity contribution in [3.05, 3.63) is 41.7 Å². The zero-order chi connectivity index (χ0) is 21.2. The van der Waals surface area contributed by atoms with Gasteiger partial charge >= 0.3 is 0 Å². The molecule has 1 saturated heterocycles. The first kappa shape index (κ1) is 21.5. The summed E-state index contributed by atoms with van der Waals surface area (Å²) in [6.07, 6.45) is 0. The van der Waals surface area contributed by atoms with Gasteiger partial charge in [0.2, 0.25) is 15.9 Å². The lowest BCUT2D eigenvalue weighted by molar-refractivity contribution is 0.325. The summed E-state index contributed by atoms with van der Waals surface area (Å²) in [7, 11) is -3.51. The molecule has 0 unspecified atom stereocenters. The fraction of sp³-hybridized carbons (Fsp3) is 0.524. The Morgan fingerprint density at radius 2 is 1.66 bits per heavy atom. The van der Waals surface area contributed by atoms with E-state index in [-0.39, 0.29) is 5.41 Å². The van der Waals surface area contributed by atoms with E-state index in [2.05, 4.69) is 35.6 Å². The van der Waals surface area contributed by atoms with E-state index >= 15 is 0 Å². The Bertz CT molecular complexity index is 945. The molecule has 1 aromatic heterocycles. The summed E-state index contributed by atoms with van der Waals surface area (Å²) in [4.78, 5) is 11.2. The van der Waals surface area contributed by atoms with Crippen LogP contribution in [0.2, 0.25) is 0 Å². The van der Waals surface area contributed by atoms with Gasteiger partial charge < -0.3 is 9.64 Å². The van der Waals surface area contributed by atoms with Crippen molar-refractivity contribution in [1.82, 2.24) is 14.3 Å². The molecule has 7 nitrogen and oxygen atoms in total. The smallest absolute Gasteiger partial charge is 0.243 e. The van der Waals surface area contributed by atoms with E-state index in [9.17, 15) is 8.42 Å². The predicted octanol–water partition coefficient (Wildman–Crippen LogP) is 2.99. The topological polar surface area (TPSA) is 75.6 Å². The number of nitrogens with zero attached hydrogens (tertiary/aromatic N) is 4. The summed E-state index contributed by atoms with van der Waals surface area (Å²) < 4.78 is 33.1. The highest BCUT2D eigenvalue weighted by Crippen LogP contribution is 2.26. The van der Waals surface area contributed by atoms with Gasteiger partial charge in [-0.1, -0.05) is 32.9 Å². The number of rotatable bonds is 5. The third kappa shape index (κ3) is 4.87. The lowest BCUT2D eigenvalue weighted by atomic mass is 9.87. The zero-order valence-electron chi connectivity index (χ0n) is 17.8. The van der Waals surface area contributed by atoms with Crippen LogP contribution in [0.1, 0.15) is 39.1 Å². The van der Waals surface area contributed by atoms with Crippen LogP contribution in [0, 0.1) is 6.92 Å². The van der Waals surface area contributed by atoms with E-state index in [0.29, 0.717) is 49.4 Å². The van der Waals surface area contributed by atoms with Crippen molar-refractivity contribution < 1.29 is 13.2 Å². The molecule has 2 heterocycles. The van der Waals surface area contributed by atoms with Crippen LogP contribution >= 0.6 is 0 Å². The molecule has 8 heteroatoms. The van der Waals surface area contributed by atoms with Crippen LogP contribution in [-0.2, 0) is 15.4 Å². The molecular weight excluding hydrogens is 388 g/mol. The van der Waals surface area contributed by atoms with Crippen LogP contribution in [0.15, 0.2) is 35.2 Å². The maximum atomic E-state index is 13.0. The van der Waals surface area contributed by atoms with E-state index < -0.39 is 10.0 Å². The Labute approximate surface area is 173 Å². The van der Waals surface area contributed by atoms with Gasteiger partial charge in [0.25, 0.3) is 0 Å². The largest absolute Gasteiger partial charge is 0.478 e. The molecule has 0 spiro atoms. The Morgan fingerprint density at radius 3 is 2.21 bits per heavy atom. The van der Waals surface area contributed by atoms with Gasteiger partial charge in [-0.05, 0) is 37.0 Å². The second kappa shape index (κ2) is 8.28. The maximum absolute atomic E-state index is 13.0. The molecule has 1 aliphatic rings. The van der Waals surface area contributed by atoms with Crippen molar-refractivity contribution in [2.75, 3.05) is 37.7 Å². The van der Waals surface area contributed by atoms with Gasteiger partial charge in [0.15, 0.2) is 0 Å². The molecule has 3 rings (SSSR count). The minimum Gasteiger partial charge on any atom is -0.478 e. The maximum Gasteiger partial charge on any atom is 0.243 e. The molecule has 2 aromatic rings. The molecule has 0 N–H and O–H groups in total. The number of benzene rings is 1. The van der Waals surface area contributed by atoms with Gasteiger partial charge in [0.1, 0.15) is 11.6 Å². The minimum absolute atomic E-state index is 0.00999. The Kier molecular flexibility index (Phi) is 6.14. The minimum atomic E-state index is -3.51. The molecule has 0 aliphatic carbocycles. The standard InChI is InChI=1S/C21H30N4O3S/c1-6-28-20-15-19(22-16(2)23-20)24-11-13-25(14-12-24)29(26,27)18-9-7-17(8-10-18)21(3,4)5/h7-10,15H,6,11-14H2,1-5H3.